The lowest BCUT2D eigenvalue weighted by Gasteiger charge is -2.29. The van der Waals surface area contributed by atoms with E-state index in [0.717, 1.165) is 12.8 Å². The molecule has 0 radical (unpaired) electrons. The Morgan fingerprint density at radius 2 is 2.05 bits per heavy atom. The Morgan fingerprint density at radius 1 is 1.35 bits per heavy atom. The highest BCUT2D eigenvalue weighted by Crippen LogP contribution is 2.16. The highest BCUT2D eigenvalue weighted by atomic mass is 16.5. The predicted molar refractivity (Wildman–Crippen MR) is 78.3 cm³/mol. The van der Waals surface area contributed by atoms with Crippen molar-refractivity contribution in [3.63, 3.8) is 0 Å². The molecule has 1 fully saturated rings. The predicted octanol–water partition coefficient (Wildman–Crippen LogP) is 1.56. The zero-order valence-corrected chi connectivity index (χ0v) is 13.1. The molecule has 1 aliphatic rings. The molecular formula is C15H28N2O3. The molecule has 5 nitrogen and oxygen atoms in total. The van der Waals surface area contributed by atoms with Crippen molar-refractivity contribution in [2.75, 3.05) is 20.3 Å². The molecule has 0 bridgehead atoms. The molecule has 1 heterocycles. The largest absolute Gasteiger partial charge is 0.385 e. The molecule has 0 aromatic heterocycles. The third kappa shape index (κ3) is 5.12. The molecule has 5 heteroatoms. The second kappa shape index (κ2) is 8.25. The summed E-state index contributed by atoms with van der Waals surface area (Å²) in [5, 5.41) is 2.87. The highest BCUT2D eigenvalue weighted by Gasteiger charge is 2.33. The van der Waals surface area contributed by atoms with E-state index < -0.39 is 0 Å². The van der Waals surface area contributed by atoms with Gasteiger partial charge < -0.3 is 15.0 Å². The number of nitrogens with one attached hydrogen (secondary N) is 1. The van der Waals surface area contributed by atoms with Crippen molar-refractivity contribution < 1.29 is 14.3 Å². The fourth-order valence-electron chi connectivity index (χ4n) is 2.60. The number of ether oxygens (including phenoxy) is 1. The quantitative estimate of drug-likeness (QED) is 0.722. The summed E-state index contributed by atoms with van der Waals surface area (Å²) in [6.45, 7) is 7.49. The number of carbonyl (C=O) groups is 2. The summed E-state index contributed by atoms with van der Waals surface area (Å²) in [6.07, 6.45) is 2.94. The van der Waals surface area contributed by atoms with Crippen molar-refractivity contribution in [2.45, 2.75) is 58.5 Å². The minimum absolute atomic E-state index is 0.0177. The van der Waals surface area contributed by atoms with Gasteiger partial charge in [-0.2, -0.15) is 0 Å². The molecule has 0 aliphatic carbocycles. The lowest BCUT2D eigenvalue weighted by Crippen LogP contribution is -2.47. The van der Waals surface area contributed by atoms with Gasteiger partial charge in [0.05, 0.1) is 0 Å². The molecule has 116 valence electrons. The first-order valence-electron chi connectivity index (χ1n) is 7.54. The van der Waals surface area contributed by atoms with Crippen LogP contribution in [0.15, 0.2) is 0 Å². The van der Waals surface area contributed by atoms with Crippen molar-refractivity contribution in [3.05, 3.63) is 0 Å². The van der Waals surface area contributed by atoms with E-state index in [0.29, 0.717) is 31.9 Å². The van der Waals surface area contributed by atoms with Gasteiger partial charge in [-0.3, -0.25) is 9.59 Å². The van der Waals surface area contributed by atoms with Crippen molar-refractivity contribution in [3.8, 4) is 0 Å². The maximum atomic E-state index is 12.6. The number of unbranched alkanes of at least 4 members (excludes halogenated alkanes) is 1. The number of nitrogens with zero attached hydrogens (tertiary/aromatic N) is 1. The first-order valence-corrected chi connectivity index (χ1v) is 7.54. The fraction of sp³-hybridized carbons (Fsp3) is 0.867. The normalized spacial score (nSPS) is 23.9. The topological polar surface area (TPSA) is 58.6 Å². The molecule has 1 rings (SSSR count). The molecule has 2 amide bonds. The first kappa shape index (κ1) is 17.0. The SMILES string of the molecule is COCCCCN1C(=O)C(CC(C)C)NC(=O)CC1C. The third-order valence-electron chi connectivity index (χ3n) is 3.63. The van der Waals surface area contributed by atoms with E-state index in [1.54, 1.807) is 7.11 Å². The van der Waals surface area contributed by atoms with Crippen LogP contribution in [0.3, 0.4) is 0 Å². The van der Waals surface area contributed by atoms with Crippen molar-refractivity contribution in [1.82, 2.24) is 10.2 Å². The van der Waals surface area contributed by atoms with Gasteiger partial charge >= 0.3 is 0 Å². The van der Waals surface area contributed by atoms with E-state index in [4.69, 9.17) is 4.74 Å². The highest BCUT2D eigenvalue weighted by molar-refractivity contribution is 5.90. The number of rotatable bonds is 7. The standard InChI is InChI=1S/C15H28N2O3/c1-11(2)9-13-15(19)17(7-5-6-8-20-4)12(3)10-14(18)16-13/h11-13H,5-10H2,1-4H3,(H,16,18). The Labute approximate surface area is 122 Å². The van der Waals surface area contributed by atoms with Gasteiger partial charge in [-0.25, -0.2) is 0 Å². The summed E-state index contributed by atoms with van der Waals surface area (Å²) >= 11 is 0. The van der Waals surface area contributed by atoms with Crippen LogP contribution in [0.25, 0.3) is 0 Å². The molecule has 1 aliphatic heterocycles. The van der Waals surface area contributed by atoms with Gasteiger partial charge in [0.2, 0.25) is 11.8 Å². The summed E-state index contributed by atoms with van der Waals surface area (Å²) < 4.78 is 5.03. The van der Waals surface area contributed by atoms with Crippen LogP contribution < -0.4 is 5.32 Å². The van der Waals surface area contributed by atoms with Crippen LogP contribution >= 0.6 is 0 Å². The summed E-state index contributed by atoms with van der Waals surface area (Å²) in [4.78, 5) is 26.3. The Kier molecular flexibility index (Phi) is 6.99. The molecule has 0 aromatic rings. The zero-order valence-electron chi connectivity index (χ0n) is 13.1. The zero-order chi connectivity index (χ0) is 15.1. The summed E-state index contributed by atoms with van der Waals surface area (Å²) in [6, 6.07) is -0.392. The van der Waals surface area contributed by atoms with E-state index >= 15 is 0 Å². The molecule has 1 N–H and O–H groups in total. The maximum absolute atomic E-state index is 12.6. The molecule has 0 saturated carbocycles. The molecule has 0 aromatic carbocycles. The van der Waals surface area contributed by atoms with Crippen LogP contribution in [0.4, 0.5) is 0 Å². The van der Waals surface area contributed by atoms with Crippen molar-refractivity contribution >= 4 is 11.8 Å². The van der Waals surface area contributed by atoms with Gasteiger partial charge in [0.25, 0.3) is 0 Å². The van der Waals surface area contributed by atoms with E-state index in [9.17, 15) is 9.59 Å². The molecule has 2 unspecified atom stereocenters. The van der Waals surface area contributed by atoms with E-state index in [1.807, 2.05) is 11.8 Å². The average molecular weight is 284 g/mol. The fourth-order valence-corrected chi connectivity index (χ4v) is 2.60. The lowest BCUT2D eigenvalue weighted by molar-refractivity contribution is -0.135. The Hall–Kier alpha value is -1.10. The monoisotopic (exact) mass is 284 g/mol. The Bertz CT molecular complexity index is 331. The molecule has 2 atom stereocenters. The Morgan fingerprint density at radius 3 is 2.65 bits per heavy atom. The maximum Gasteiger partial charge on any atom is 0.245 e. The average Bonchev–Trinajstić information content (AvgIpc) is 2.44. The first-order chi connectivity index (χ1) is 9.45. The van der Waals surface area contributed by atoms with Crippen molar-refractivity contribution in [2.24, 2.45) is 5.92 Å². The second-order valence-electron chi connectivity index (χ2n) is 6.03. The van der Waals surface area contributed by atoms with Crippen molar-refractivity contribution in [1.29, 1.82) is 0 Å². The van der Waals surface area contributed by atoms with Crippen LogP contribution in [-0.4, -0.2) is 49.1 Å². The van der Waals surface area contributed by atoms with Crippen LogP contribution in [0, 0.1) is 5.92 Å². The third-order valence-corrected chi connectivity index (χ3v) is 3.63. The smallest absolute Gasteiger partial charge is 0.245 e. The lowest BCUT2D eigenvalue weighted by atomic mass is 10.0. The van der Waals surface area contributed by atoms with Gasteiger partial charge in [-0.05, 0) is 32.1 Å². The van der Waals surface area contributed by atoms with E-state index in [1.165, 1.54) is 0 Å². The summed E-state index contributed by atoms with van der Waals surface area (Å²) in [5.41, 5.74) is 0. The summed E-state index contributed by atoms with van der Waals surface area (Å²) in [7, 11) is 1.68. The molecule has 0 spiro atoms. The number of methoxy groups -OCH3 is 1. The number of hydrogen-bond donors (Lipinski definition) is 1. The van der Waals surface area contributed by atoms with Crippen LogP contribution in [0.1, 0.15) is 46.5 Å². The minimum atomic E-state index is -0.366. The number of carbonyl (C=O) groups excluding carboxylic acids is 2. The van der Waals surface area contributed by atoms with Gasteiger partial charge in [-0.1, -0.05) is 13.8 Å². The van der Waals surface area contributed by atoms with Gasteiger partial charge in [0.15, 0.2) is 0 Å². The Balaban J connectivity index is 2.67. The second-order valence-corrected chi connectivity index (χ2v) is 6.03. The molecule has 20 heavy (non-hydrogen) atoms. The van der Waals surface area contributed by atoms with Crippen LogP contribution in [0.2, 0.25) is 0 Å². The van der Waals surface area contributed by atoms with E-state index in [2.05, 4.69) is 19.2 Å². The summed E-state index contributed by atoms with van der Waals surface area (Å²) in [5.74, 6) is 0.429. The van der Waals surface area contributed by atoms with Crippen LogP contribution in [-0.2, 0) is 14.3 Å². The molecule has 1 saturated heterocycles. The number of amides is 2. The number of hydrogen-bond acceptors (Lipinski definition) is 3. The minimum Gasteiger partial charge on any atom is -0.385 e. The van der Waals surface area contributed by atoms with Gasteiger partial charge in [-0.15, -0.1) is 0 Å². The van der Waals surface area contributed by atoms with E-state index in [-0.39, 0.29) is 23.9 Å². The molecular weight excluding hydrogens is 256 g/mol. The van der Waals surface area contributed by atoms with Gasteiger partial charge in [0.1, 0.15) is 6.04 Å². The van der Waals surface area contributed by atoms with Gasteiger partial charge in [0, 0.05) is 32.7 Å². The van der Waals surface area contributed by atoms with Crippen LogP contribution in [0.5, 0.6) is 0 Å².